The molecule has 0 aliphatic carbocycles. The standard InChI is InChI=1S/C15H14ClF3N6O/c1-9-2-3-20-11(6-9)23-13-12-10(22-14(16)24-13)7-21-25(12)4-5-26-8-15(17,18)19/h2-3,6-7H,4-5,8H2,1H3,(H,20,22,23,24). The third-order valence-electron chi connectivity index (χ3n) is 3.34. The maximum absolute atomic E-state index is 12.2. The van der Waals surface area contributed by atoms with Gasteiger partial charge in [-0.1, -0.05) is 0 Å². The third kappa shape index (κ3) is 4.58. The van der Waals surface area contributed by atoms with Crippen molar-refractivity contribution in [2.75, 3.05) is 18.5 Å². The van der Waals surface area contributed by atoms with E-state index in [0.717, 1.165) is 5.56 Å². The number of hydrogen-bond acceptors (Lipinski definition) is 6. The van der Waals surface area contributed by atoms with Gasteiger partial charge >= 0.3 is 6.18 Å². The van der Waals surface area contributed by atoms with Crippen molar-refractivity contribution in [3.8, 4) is 0 Å². The minimum absolute atomic E-state index is 0.0144. The Morgan fingerprint density at radius 2 is 2.12 bits per heavy atom. The van der Waals surface area contributed by atoms with Gasteiger partial charge in [0.05, 0.1) is 19.3 Å². The van der Waals surface area contributed by atoms with Crippen LogP contribution in [0.15, 0.2) is 24.5 Å². The number of pyridine rings is 1. The summed E-state index contributed by atoms with van der Waals surface area (Å²) in [4.78, 5) is 12.4. The average Bonchev–Trinajstić information content (AvgIpc) is 2.93. The summed E-state index contributed by atoms with van der Waals surface area (Å²) in [5.74, 6) is 0.897. The van der Waals surface area contributed by atoms with Crippen molar-refractivity contribution < 1.29 is 17.9 Å². The molecule has 3 aromatic heterocycles. The highest BCUT2D eigenvalue weighted by Crippen LogP contribution is 2.25. The van der Waals surface area contributed by atoms with E-state index in [1.165, 1.54) is 10.9 Å². The van der Waals surface area contributed by atoms with Gasteiger partial charge in [0.2, 0.25) is 5.28 Å². The molecule has 1 N–H and O–H groups in total. The van der Waals surface area contributed by atoms with Gasteiger partial charge in [0.1, 0.15) is 23.5 Å². The van der Waals surface area contributed by atoms with E-state index in [0.29, 0.717) is 22.7 Å². The van der Waals surface area contributed by atoms with Crippen LogP contribution in [0.2, 0.25) is 5.28 Å². The van der Waals surface area contributed by atoms with Gasteiger partial charge in [0, 0.05) is 6.20 Å². The van der Waals surface area contributed by atoms with Gasteiger partial charge in [0.25, 0.3) is 0 Å². The van der Waals surface area contributed by atoms with E-state index in [1.807, 2.05) is 19.1 Å². The highest BCUT2D eigenvalue weighted by Gasteiger charge is 2.27. The lowest BCUT2D eigenvalue weighted by Crippen LogP contribution is -2.19. The number of fused-ring (bicyclic) bond motifs is 1. The molecular formula is C15H14ClF3N6O. The summed E-state index contributed by atoms with van der Waals surface area (Å²) < 4.78 is 42.6. The molecule has 0 fully saturated rings. The largest absolute Gasteiger partial charge is 0.411 e. The Bertz CT molecular complexity index is 914. The fourth-order valence-electron chi connectivity index (χ4n) is 2.29. The number of halogens is 4. The van der Waals surface area contributed by atoms with Crippen LogP contribution in [0, 0.1) is 6.92 Å². The molecule has 26 heavy (non-hydrogen) atoms. The summed E-state index contributed by atoms with van der Waals surface area (Å²) in [6, 6.07) is 3.66. The van der Waals surface area contributed by atoms with Crippen LogP contribution in [0.3, 0.4) is 0 Å². The van der Waals surface area contributed by atoms with Gasteiger partial charge in [0.15, 0.2) is 5.82 Å². The maximum Gasteiger partial charge on any atom is 0.411 e. The average molecular weight is 387 g/mol. The topological polar surface area (TPSA) is 77.8 Å². The van der Waals surface area contributed by atoms with Gasteiger partial charge < -0.3 is 10.1 Å². The first-order chi connectivity index (χ1) is 12.3. The van der Waals surface area contributed by atoms with Gasteiger partial charge in [-0.2, -0.15) is 23.3 Å². The van der Waals surface area contributed by atoms with E-state index in [1.54, 1.807) is 6.20 Å². The predicted molar refractivity (Wildman–Crippen MR) is 89.5 cm³/mol. The van der Waals surface area contributed by atoms with Gasteiger partial charge in [-0.25, -0.2) is 9.97 Å². The van der Waals surface area contributed by atoms with Crippen molar-refractivity contribution in [2.24, 2.45) is 0 Å². The van der Waals surface area contributed by atoms with Crippen molar-refractivity contribution in [1.29, 1.82) is 0 Å². The molecule has 0 saturated heterocycles. The van der Waals surface area contributed by atoms with E-state index in [2.05, 4.69) is 30.1 Å². The lowest BCUT2D eigenvalue weighted by Gasteiger charge is -2.11. The molecule has 7 nitrogen and oxygen atoms in total. The highest BCUT2D eigenvalue weighted by molar-refractivity contribution is 6.28. The molecule has 0 unspecified atom stereocenters. The van der Waals surface area contributed by atoms with E-state index in [4.69, 9.17) is 11.6 Å². The van der Waals surface area contributed by atoms with Crippen molar-refractivity contribution >= 4 is 34.3 Å². The Morgan fingerprint density at radius 3 is 2.85 bits per heavy atom. The predicted octanol–water partition coefficient (Wildman–Crippen LogP) is 3.51. The molecule has 11 heteroatoms. The highest BCUT2D eigenvalue weighted by atomic mass is 35.5. The zero-order chi connectivity index (χ0) is 18.7. The number of ether oxygens (including phenoxy) is 1. The number of aromatic nitrogens is 5. The molecule has 0 atom stereocenters. The number of nitrogens with zero attached hydrogens (tertiary/aromatic N) is 5. The number of nitrogens with one attached hydrogen (secondary N) is 1. The lowest BCUT2D eigenvalue weighted by molar-refractivity contribution is -0.174. The van der Waals surface area contributed by atoms with Crippen LogP contribution in [0.1, 0.15) is 5.56 Å². The molecule has 0 aromatic carbocycles. The second-order valence-corrected chi connectivity index (χ2v) is 5.79. The number of aryl methyl sites for hydroxylation is 1. The lowest BCUT2D eigenvalue weighted by atomic mass is 10.3. The fraction of sp³-hybridized carbons (Fsp3) is 0.333. The molecule has 0 bridgehead atoms. The Balaban J connectivity index is 1.84. The molecule has 0 aliphatic rings. The van der Waals surface area contributed by atoms with E-state index >= 15 is 0 Å². The molecule has 0 spiro atoms. The molecule has 3 heterocycles. The van der Waals surface area contributed by atoms with Crippen molar-refractivity contribution in [2.45, 2.75) is 19.6 Å². The third-order valence-corrected chi connectivity index (χ3v) is 3.51. The normalized spacial score (nSPS) is 11.9. The Kier molecular flexibility index (Phi) is 5.23. The smallest absolute Gasteiger partial charge is 0.370 e. The van der Waals surface area contributed by atoms with Gasteiger partial charge in [-0.15, -0.1) is 0 Å². The number of alkyl halides is 3. The first-order valence-electron chi connectivity index (χ1n) is 7.55. The summed E-state index contributed by atoms with van der Waals surface area (Å²) in [6.45, 7) is 0.534. The molecule has 138 valence electrons. The van der Waals surface area contributed by atoms with Gasteiger partial charge in [-0.05, 0) is 36.2 Å². The maximum atomic E-state index is 12.2. The van der Waals surface area contributed by atoms with Crippen LogP contribution >= 0.6 is 11.6 Å². The SMILES string of the molecule is Cc1ccnc(Nc2nc(Cl)nc3cnn(CCOCC(F)(F)F)c23)c1. The molecule has 0 saturated carbocycles. The summed E-state index contributed by atoms with van der Waals surface area (Å²) in [7, 11) is 0. The van der Waals surface area contributed by atoms with Crippen LogP contribution < -0.4 is 5.32 Å². The summed E-state index contributed by atoms with van der Waals surface area (Å²) in [6.07, 6.45) is -1.27. The van der Waals surface area contributed by atoms with E-state index in [9.17, 15) is 13.2 Å². The van der Waals surface area contributed by atoms with Crippen LogP contribution in [-0.2, 0) is 11.3 Å². The van der Waals surface area contributed by atoms with Crippen LogP contribution in [-0.4, -0.2) is 44.1 Å². The van der Waals surface area contributed by atoms with Crippen LogP contribution in [0.5, 0.6) is 0 Å². The van der Waals surface area contributed by atoms with Crippen molar-refractivity contribution in [3.05, 3.63) is 35.4 Å². The van der Waals surface area contributed by atoms with Crippen molar-refractivity contribution in [3.63, 3.8) is 0 Å². The first kappa shape index (κ1) is 18.3. The van der Waals surface area contributed by atoms with Crippen molar-refractivity contribution in [1.82, 2.24) is 24.7 Å². The van der Waals surface area contributed by atoms with E-state index < -0.39 is 12.8 Å². The van der Waals surface area contributed by atoms with Gasteiger partial charge in [-0.3, -0.25) is 4.68 Å². The number of hydrogen-bond donors (Lipinski definition) is 1. The number of rotatable bonds is 6. The monoisotopic (exact) mass is 386 g/mol. The second-order valence-electron chi connectivity index (χ2n) is 5.45. The second kappa shape index (κ2) is 7.42. The summed E-state index contributed by atoms with van der Waals surface area (Å²) in [5, 5.41) is 7.18. The Hall–Kier alpha value is -2.46. The first-order valence-corrected chi connectivity index (χ1v) is 7.93. The summed E-state index contributed by atoms with van der Waals surface area (Å²) in [5.41, 5.74) is 1.94. The number of anilines is 2. The van der Waals surface area contributed by atoms with Crippen LogP contribution in [0.4, 0.5) is 24.8 Å². The molecule has 0 amide bonds. The summed E-state index contributed by atoms with van der Waals surface area (Å²) >= 11 is 5.94. The fourth-order valence-corrected chi connectivity index (χ4v) is 2.47. The Morgan fingerprint density at radius 1 is 1.31 bits per heavy atom. The zero-order valence-electron chi connectivity index (χ0n) is 13.6. The molecule has 0 aliphatic heterocycles. The minimum Gasteiger partial charge on any atom is -0.370 e. The quantitative estimate of drug-likeness (QED) is 0.516. The zero-order valence-corrected chi connectivity index (χ0v) is 14.3. The molecule has 3 aromatic rings. The molecule has 0 radical (unpaired) electrons. The van der Waals surface area contributed by atoms with Crippen LogP contribution in [0.25, 0.3) is 11.0 Å². The Labute approximate surface area is 151 Å². The molecule has 3 rings (SSSR count). The minimum atomic E-state index is -4.37. The van der Waals surface area contributed by atoms with E-state index in [-0.39, 0.29) is 18.4 Å². The molecular weight excluding hydrogens is 373 g/mol.